The topological polar surface area (TPSA) is 90.4 Å². The zero-order valence-electron chi connectivity index (χ0n) is 10.8. The van der Waals surface area contributed by atoms with Gasteiger partial charge in [-0.05, 0) is 32.0 Å². The Kier molecular flexibility index (Phi) is 3.82. The normalized spacial score (nSPS) is 10.3. The van der Waals surface area contributed by atoms with E-state index in [1.54, 1.807) is 19.2 Å². The first-order valence-electron chi connectivity index (χ1n) is 5.76. The predicted octanol–water partition coefficient (Wildman–Crippen LogP) is 1.47. The van der Waals surface area contributed by atoms with Crippen molar-refractivity contribution < 1.29 is 13.9 Å². The van der Waals surface area contributed by atoms with E-state index < -0.39 is 5.91 Å². The molecule has 0 spiro atoms. The molecule has 2 heterocycles. The number of aromatic nitrogens is 1. The lowest BCUT2D eigenvalue weighted by Crippen LogP contribution is -2.29. The van der Waals surface area contributed by atoms with Crippen molar-refractivity contribution in [1.82, 2.24) is 10.4 Å². The summed E-state index contributed by atoms with van der Waals surface area (Å²) in [7, 11) is 0. The van der Waals surface area contributed by atoms with E-state index in [2.05, 4.69) is 4.98 Å². The second kappa shape index (κ2) is 5.53. The Hall–Kier alpha value is -2.34. The number of furan rings is 1. The third-order valence-corrected chi connectivity index (χ3v) is 2.65. The predicted molar refractivity (Wildman–Crippen MR) is 68.4 cm³/mol. The van der Waals surface area contributed by atoms with E-state index in [0.717, 1.165) is 11.3 Å². The van der Waals surface area contributed by atoms with Crippen molar-refractivity contribution in [2.75, 3.05) is 0 Å². The Morgan fingerprint density at radius 3 is 2.89 bits per heavy atom. The minimum absolute atomic E-state index is 0.167. The van der Waals surface area contributed by atoms with Crippen LogP contribution in [-0.4, -0.2) is 10.9 Å². The second-order valence-corrected chi connectivity index (χ2v) is 4.09. The number of nitrogen functional groups attached to an aromatic ring is 1. The van der Waals surface area contributed by atoms with Gasteiger partial charge in [0.25, 0.3) is 0 Å². The fourth-order valence-corrected chi connectivity index (χ4v) is 1.55. The molecule has 0 bridgehead atoms. The summed E-state index contributed by atoms with van der Waals surface area (Å²) in [6, 6.07) is 5.31. The van der Waals surface area contributed by atoms with Crippen LogP contribution in [0.2, 0.25) is 0 Å². The van der Waals surface area contributed by atoms with Crippen molar-refractivity contribution in [3.63, 3.8) is 0 Å². The van der Waals surface area contributed by atoms with Crippen LogP contribution in [0.3, 0.4) is 0 Å². The molecule has 0 radical (unpaired) electrons. The van der Waals surface area contributed by atoms with Crippen molar-refractivity contribution in [1.29, 1.82) is 0 Å². The SMILES string of the molecule is Cc1ccc(OCc2cc(C(=O)NN)oc2C)cn1. The van der Waals surface area contributed by atoms with Crippen LogP contribution in [0.4, 0.5) is 0 Å². The van der Waals surface area contributed by atoms with Gasteiger partial charge < -0.3 is 9.15 Å². The number of ether oxygens (including phenoxy) is 1. The summed E-state index contributed by atoms with van der Waals surface area (Å²) in [6.45, 7) is 3.97. The van der Waals surface area contributed by atoms with Crippen LogP contribution in [0.5, 0.6) is 5.75 Å². The molecular formula is C13H15N3O3. The molecule has 6 heteroatoms. The molecule has 2 rings (SSSR count). The second-order valence-electron chi connectivity index (χ2n) is 4.09. The molecule has 2 aromatic rings. The van der Waals surface area contributed by atoms with Crippen LogP contribution >= 0.6 is 0 Å². The highest BCUT2D eigenvalue weighted by molar-refractivity contribution is 5.91. The maximum atomic E-state index is 11.3. The Morgan fingerprint density at radius 1 is 1.47 bits per heavy atom. The third-order valence-electron chi connectivity index (χ3n) is 2.65. The lowest BCUT2D eigenvalue weighted by atomic mass is 10.2. The van der Waals surface area contributed by atoms with Crippen molar-refractivity contribution >= 4 is 5.91 Å². The van der Waals surface area contributed by atoms with Crippen LogP contribution in [0.25, 0.3) is 0 Å². The van der Waals surface area contributed by atoms with Gasteiger partial charge in [-0.3, -0.25) is 15.2 Å². The number of hydrazine groups is 1. The fraction of sp³-hybridized carbons (Fsp3) is 0.231. The Balaban J connectivity index is 2.05. The number of rotatable bonds is 4. The highest BCUT2D eigenvalue weighted by Crippen LogP contribution is 2.17. The molecule has 0 saturated heterocycles. The van der Waals surface area contributed by atoms with Gasteiger partial charge in [0.2, 0.25) is 0 Å². The summed E-state index contributed by atoms with van der Waals surface area (Å²) in [5.41, 5.74) is 3.73. The number of nitrogens with zero attached hydrogens (tertiary/aromatic N) is 1. The number of hydrogen-bond acceptors (Lipinski definition) is 5. The van der Waals surface area contributed by atoms with Crippen LogP contribution in [-0.2, 0) is 6.61 Å². The van der Waals surface area contributed by atoms with E-state index >= 15 is 0 Å². The van der Waals surface area contributed by atoms with Crippen LogP contribution < -0.4 is 16.0 Å². The third kappa shape index (κ3) is 3.11. The van der Waals surface area contributed by atoms with Crippen LogP contribution in [0.15, 0.2) is 28.8 Å². The van der Waals surface area contributed by atoms with Crippen LogP contribution in [0, 0.1) is 13.8 Å². The molecule has 100 valence electrons. The molecule has 0 aromatic carbocycles. The highest BCUT2D eigenvalue weighted by atomic mass is 16.5. The molecule has 0 unspecified atom stereocenters. The number of nitrogens with one attached hydrogen (secondary N) is 1. The lowest BCUT2D eigenvalue weighted by Gasteiger charge is -2.04. The van der Waals surface area contributed by atoms with Gasteiger partial charge in [0.15, 0.2) is 5.76 Å². The molecular weight excluding hydrogens is 246 g/mol. The van der Waals surface area contributed by atoms with Crippen molar-refractivity contribution in [2.45, 2.75) is 20.5 Å². The zero-order valence-corrected chi connectivity index (χ0v) is 10.8. The first-order chi connectivity index (χ1) is 9.10. The molecule has 0 saturated carbocycles. The summed E-state index contributed by atoms with van der Waals surface area (Å²) in [5.74, 6) is 6.03. The summed E-state index contributed by atoms with van der Waals surface area (Å²) >= 11 is 0. The molecule has 0 aliphatic heterocycles. The van der Waals surface area contributed by atoms with E-state index in [4.69, 9.17) is 15.0 Å². The van der Waals surface area contributed by atoms with Gasteiger partial charge >= 0.3 is 5.91 Å². The molecule has 0 fully saturated rings. The largest absolute Gasteiger partial charge is 0.487 e. The standard InChI is InChI=1S/C13H15N3O3/c1-8-3-4-11(6-15-8)18-7-10-5-12(13(17)16-14)19-9(10)2/h3-6H,7,14H2,1-2H3,(H,16,17). The number of carbonyl (C=O) groups excluding carboxylic acids is 1. The monoisotopic (exact) mass is 261 g/mol. The average Bonchev–Trinajstić information content (AvgIpc) is 2.79. The molecule has 2 aromatic heterocycles. The number of carbonyl (C=O) groups is 1. The molecule has 6 nitrogen and oxygen atoms in total. The zero-order chi connectivity index (χ0) is 13.8. The highest BCUT2D eigenvalue weighted by Gasteiger charge is 2.13. The number of aryl methyl sites for hydroxylation is 2. The molecule has 1 amide bonds. The minimum Gasteiger partial charge on any atom is -0.487 e. The van der Waals surface area contributed by atoms with Crippen molar-refractivity contribution in [3.05, 3.63) is 47.2 Å². The van der Waals surface area contributed by atoms with Gasteiger partial charge in [-0.1, -0.05) is 0 Å². The molecule has 0 aliphatic carbocycles. The molecule has 3 N–H and O–H groups in total. The van der Waals surface area contributed by atoms with Crippen molar-refractivity contribution in [3.8, 4) is 5.75 Å². The fourth-order valence-electron chi connectivity index (χ4n) is 1.55. The van der Waals surface area contributed by atoms with Gasteiger partial charge in [0.1, 0.15) is 18.1 Å². The number of pyridine rings is 1. The maximum absolute atomic E-state index is 11.3. The quantitative estimate of drug-likeness (QED) is 0.494. The minimum atomic E-state index is -0.466. The molecule has 19 heavy (non-hydrogen) atoms. The van der Waals surface area contributed by atoms with E-state index in [1.807, 2.05) is 24.5 Å². The van der Waals surface area contributed by atoms with Gasteiger partial charge in [-0.2, -0.15) is 0 Å². The first-order valence-corrected chi connectivity index (χ1v) is 5.76. The van der Waals surface area contributed by atoms with Gasteiger partial charge in [0.05, 0.1) is 6.20 Å². The van der Waals surface area contributed by atoms with Crippen molar-refractivity contribution in [2.24, 2.45) is 5.84 Å². The number of amides is 1. The van der Waals surface area contributed by atoms with Gasteiger partial charge in [-0.25, -0.2) is 5.84 Å². The molecule has 0 aliphatic rings. The van der Waals surface area contributed by atoms with E-state index in [9.17, 15) is 4.79 Å². The summed E-state index contributed by atoms with van der Waals surface area (Å²) in [4.78, 5) is 15.4. The summed E-state index contributed by atoms with van der Waals surface area (Å²) in [5, 5.41) is 0. The smallest absolute Gasteiger partial charge is 0.300 e. The molecule has 0 atom stereocenters. The number of hydrogen-bond donors (Lipinski definition) is 2. The Bertz CT molecular complexity index is 575. The van der Waals surface area contributed by atoms with Gasteiger partial charge in [0, 0.05) is 11.3 Å². The van der Waals surface area contributed by atoms with E-state index in [-0.39, 0.29) is 5.76 Å². The Labute approximate surface area is 110 Å². The summed E-state index contributed by atoms with van der Waals surface area (Å²) < 4.78 is 10.9. The maximum Gasteiger partial charge on any atom is 0.300 e. The lowest BCUT2D eigenvalue weighted by molar-refractivity contribution is 0.0924. The summed E-state index contributed by atoms with van der Waals surface area (Å²) in [6.07, 6.45) is 1.65. The average molecular weight is 261 g/mol. The van der Waals surface area contributed by atoms with Gasteiger partial charge in [-0.15, -0.1) is 0 Å². The van der Waals surface area contributed by atoms with Crippen LogP contribution in [0.1, 0.15) is 27.6 Å². The van der Waals surface area contributed by atoms with E-state index in [1.165, 1.54) is 0 Å². The first kappa shape index (κ1) is 13.1. The van der Waals surface area contributed by atoms with E-state index in [0.29, 0.717) is 18.1 Å². The number of nitrogens with two attached hydrogens (primary N) is 1. The Morgan fingerprint density at radius 2 is 2.26 bits per heavy atom.